The maximum atomic E-state index is 11.0. The van der Waals surface area contributed by atoms with E-state index < -0.39 is 0 Å². The Morgan fingerprint density at radius 1 is 1.07 bits per heavy atom. The summed E-state index contributed by atoms with van der Waals surface area (Å²) in [5.74, 6) is 1.79. The molecular formula is C20H22N4O2S. The van der Waals surface area contributed by atoms with Crippen molar-refractivity contribution < 1.29 is 9.53 Å². The minimum Gasteiger partial charge on any atom is -0.485 e. The largest absolute Gasteiger partial charge is 0.485 e. The second-order valence-corrected chi connectivity index (χ2v) is 7.21. The van der Waals surface area contributed by atoms with Gasteiger partial charge in [-0.15, -0.1) is 10.2 Å². The van der Waals surface area contributed by atoms with Crippen LogP contribution in [0.15, 0.2) is 53.7 Å². The smallest absolute Gasteiger partial charge is 0.218 e. The average molecular weight is 382 g/mol. The second-order valence-electron chi connectivity index (χ2n) is 6.14. The molecule has 0 aliphatic heterocycles. The van der Waals surface area contributed by atoms with Crippen LogP contribution in [0, 0.1) is 13.8 Å². The lowest BCUT2D eigenvalue weighted by atomic mass is 10.1. The van der Waals surface area contributed by atoms with Gasteiger partial charge in [-0.3, -0.25) is 9.36 Å². The van der Waals surface area contributed by atoms with Gasteiger partial charge in [-0.2, -0.15) is 0 Å². The van der Waals surface area contributed by atoms with E-state index in [1.165, 1.54) is 11.8 Å². The van der Waals surface area contributed by atoms with Crippen LogP contribution in [-0.4, -0.2) is 26.4 Å². The predicted molar refractivity (Wildman–Crippen MR) is 106 cm³/mol. The molecule has 1 heterocycles. The van der Waals surface area contributed by atoms with E-state index >= 15 is 0 Å². The maximum Gasteiger partial charge on any atom is 0.218 e. The summed E-state index contributed by atoms with van der Waals surface area (Å²) in [6, 6.07) is 15.9. The van der Waals surface area contributed by atoms with Crippen molar-refractivity contribution >= 4 is 17.7 Å². The molecule has 3 rings (SSSR count). The summed E-state index contributed by atoms with van der Waals surface area (Å²) in [6.45, 7) is 4.34. The van der Waals surface area contributed by atoms with Crippen molar-refractivity contribution in [2.45, 2.75) is 32.0 Å². The highest BCUT2D eigenvalue weighted by molar-refractivity contribution is 7.99. The Morgan fingerprint density at radius 3 is 2.44 bits per heavy atom. The number of hydrogen-bond acceptors (Lipinski definition) is 5. The molecule has 1 amide bonds. The molecule has 6 nitrogen and oxygen atoms in total. The molecule has 7 heteroatoms. The Bertz CT molecular complexity index is 905. The van der Waals surface area contributed by atoms with E-state index in [2.05, 4.69) is 10.2 Å². The third-order valence-corrected chi connectivity index (χ3v) is 4.98. The third kappa shape index (κ3) is 4.68. The minimum absolute atomic E-state index is 0.292. The van der Waals surface area contributed by atoms with Gasteiger partial charge in [-0.1, -0.05) is 48.2 Å². The van der Waals surface area contributed by atoms with Crippen molar-refractivity contribution in [3.05, 3.63) is 65.5 Å². The highest BCUT2D eigenvalue weighted by Gasteiger charge is 2.16. The van der Waals surface area contributed by atoms with E-state index in [1.807, 2.05) is 66.9 Å². The lowest BCUT2D eigenvalue weighted by Crippen LogP contribution is -2.11. The fourth-order valence-electron chi connectivity index (χ4n) is 2.73. The van der Waals surface area contributed by atoms with Crippen LogP contribution >= 0.6 is 11.8 Å². The summed E-state index contributed by atoms with van der Waals surface area (Å²) in [7, 11) is 0. The molecule has 0 aliphatic rings. The van der Waals surface area contributed by atoms with Gasteiger partial charge in [0.15, 0.2) is 11.0 Å². The van der Waals surface area contributed by atoms with Crippen molar-refractivity contribution in [1.82, 2.24) is 14.8 Å². The van der Waals surface area contributed by atoms with Crippen LogP contribution in [0.25, 0.3) is 5.69 Å². The van der Waals surface area contributed by atoms with Crippen molar-refractivity contribution in [1.29, 1.82) is 0 Å². The Morgan fingerprint density at radius 2 is 1.78 bits per heavy atom. The summed E-state index contributed by atoms with van der Waals surface area (Å²) in [6.07, 6.45) is 0.292. The number of nitrogens with two attached hydrogens (primary N) is 1. The molecule has 140 valence electrons. The van der Waals surface area contributed by atoms with Crippen molar-refractivity contribution in [2.24, 2.45) is 5.73 Å². The number of rotatable bonds is 8. The first-order valence-corrected chi connectivity index (χ1v) is 9.64. The number of ether oxygens (including phenoxy) is 1. The first-order valence-electron chi connectivity index (χ1n) is 8.66. The van der Waals surface area contributed by atoms with E-state index in [9.17, 15) is 4.79 Å². The molecule has 0 aliphatic carbocycles. The van der Waals surface area contributed by atoms with Crippen LogP contribution in [0.3, 0.4) is 0 Å². The van der Waals surface area contributed by atoms with Crippen LogP contribution in [-0.2, 0) is 11.4 Å². The number of para-hydroxylation sites is 2. The highest BCUT2D eigenvalue weighted by Crippen LogP contribution is 2.26. The highest BCUT2D eigenvalue weighted by atomic mass is 32.2. The number of thioether (sulfide) groups is 1. The fourth-order valence-corrected chi connectivity index (χ4v) is 3.65. The fraction of sp³-hybridized carbons (Fsp3) is 0.250. The third-order valence-electron chi connectivity index (χ3n) is 4.05. The number of hydrogen-bond donors (Lipinski definition) is 1. The molecule has 1 aromatic heterocycles. The van der Waals surface area contributed by atoms with Crippen LogP contribution in [0.4, 0.5) is 0 Å². The number of amides is 1. The molecule has 3 aromatic rings. The number of nitrogens with zero attached hydrogens (tertiary/aromatic N) is 3. The van der Waals surface area contributed by atoms with Gasteiger partial charge in [0.25, 0.3) is 0 Å². The van der Waals surface area contributed by atoms with Crippen LogP contribution in [0.5, 0.6) is 5.75 Å². The zero-order valence-electron chi connectivity index (χ0n) is 15.4. The summed E-state index contributed by atoms with van der Waals surface area (Å²) in [4.78, 5) is 11.0. The average Bonchev–Trinajstić information content (AvgIpc) is 3.04. The van der Waals surface area contributed by atoms with Gasteiger partial charge in [0.2, 0.25) is 5.91 Å². The monoisotopic (exact) mass is 382 g/mol. The molecule has 2 N–H and O–H groups in total. The zero-order chi connectivity index (χ0) is 19.2. The first kappa shape index (κ1) is 19.0. The summed E-state index contributed by atoms with van der Waals surface area (Å²) in [5.41, 5.74) is 8.35. The number of carbonyl (C=O) groups is 1. The van der Waals surface area contributed by atoms with Crippen LogP contribution in [0.1, 0.15) is 23.4 Å². The van der Waals surface area contributed by atoms with E-state index in [1.54, 1.807) is 0 Å². The Labute approximate surface area is 162 Å². The normalized spacial score (nSPS) is 10.7. The Kier molecular flexibility index (Phi) is 6.13. The lowest BCUT2D eigenvalue weighted by Gasteiger charge is -2.13. The first-order chi connectivity index (χ1) is 13.1. The van der Waals surface area contributed by atoms with Gasteiger partial charge < -0.3 is 10.5 Å². The van der Waals surface area contributed by atoms with Crippen molar-refractivity contribution in [2.75, 3.05) is 5.75 Å². The lowest BCUT2D eigenvalue weighted by molar-refractivity contribution is -0.117. The van der Waals surface area contributed by atoms with Gasteiger partial charge in [-0.25, -0.2) is 0 Å². The number of primary amides is 1. The predicted octanol–water partition coefficient (Wildman–Crippen LogP) is 3.43. The molecule has 0 saturated carbocycles. The van der Waals surface area contributed by atoms with Gasteiger partial charge in [-0.05, 0) is 37.1 Å². The van der Waals surface area contributed by atoms with Gasteiger partial charge in [0.1, 0.15) is 12.4 Å². The summed E-state index contributed by atoms with van der Waals surface area (Å²) in [5, 5.41) is 9.32. The van der Waals surface area contributed by atoms with E-state index in [0.717, 1.165) is 22.6 Å². The quantitative estimate of drug-likeness (QED) is 0.604. The van der Waals surface area contributed by atoms with E-state index in [-0.39, 0.29) is 5.91 Å². The van der Waals surface area contributed by atoms with Gasteiger partial charge in [0.05, 0.1) is 0 Å². The number of aromatic nitrogens is 3. The SMILES string of the molecule is Cc1cccc(C)c1OCc1nnc(SCCC(N)=O)n1-c1ccccc1. The molecule has 0 fully saturated rings. The number of aryl methyl sites for hydroxylation is 2. The molecule has 0 saturated heterocycles. The summed E-state index contributed by atoms with van der Waals surface area (Å²) < 4.78 is 8.02. The summed E-state index contributed by atoms with van der Waals surface area (Å²) >= 11 is 1.45. The van der Waals surface area contributed by atoms with E-state index in [4.69, 9.17) is 10.5 Å². The molecule has 0 spiro atoms. The topological polar surface area (TPSA) is 83.0 Å². The Hall–Kier alpha value is -2.80. The molecule has 0 unspecified atom stereocenters. The molecule has 0 radical (unpaired) electrons. The number of carbonyl (C=O) groups excluding carboxylic acids is 1. The molecular weight excluding hydrogens is 360 g/mol. The van der Waals surface area contributed by atoms with Gasteiger partial charge >= 0.3 is 0 Å². The zero-order valence-corrected chi connectivity index (χ0v) is 16.2. The van der Waals surface area contributed by atoms with Crippen LogP contribution < -0.4 is 10.5 Å². The molecule has 0 atom stereocenters. The Balaban J connectivity index is 1.86. The molecule has 2 aromatic carbocycles. The minimum atomic E-state index is -0.327. The van der Waals surface area contributed by atoms with E-state index in [0.29, 0.717) is 29.8 Å². The van der Waals surface area contributed by atoms with Crippen molar-refractivity contribution in [3.8, 4) is 11.4 Å². The maximum absolute atomic E-state index is 11.0. The van der Waals surface area contributed by atoms with Crippen molar-refractivity contribution in [3.63, 3.8) is 0 Å². The molecule has 0 bridgehead atoms. The molecule has 27 heavy (non-hydrogen) atoms. The van der Waals surface area contributed by atoms with Gasteiger partial charge in [0, 0.05) is 17.9 Å². The number of benzene rings is 2. The van der Waals surface area contributed by atoms with Crippen LogP contribution in [0.2, 0.25) is 0 Å². The second kappa shape index (κ2) is 8.73. The standard InChI is InChI=1S/C20H22N4O2S/c1-14-7-6-8-15(2)19(14)26-13-18-22-23-20(27-12-11-17(21)25)24(18)16-9-4-3-5-10-16/h3-10H,11-13H2,1-2H3,(H2,21,25).